The van der Waals surface area contributed by atoms with E-state index < -0.39 is 0 Å². The summed E-state index contributed by atoms with van der Waals surface area (Å²) in [7, 11) is 4.20. The second-order valence-corrected chi connectivity index (χ2v) is 3.68. The first-order chi connectivity index (χ1) is 6.18. The maximum absolute atomic E-state index is 4.45. The number of hydrogen-bond donors (Lipinski definition) is 0. The molecule has 0 radical (unpaired) electrons. The molecule has 1 aromatic rings. The third-order valence-electron chi connectivity index (χ3n) is 1.98. The zero-order valence-electron chi connectivity index (χ0n) is 8.75. The fourth-order valence-electron chi connectivity index (χ4n) is 1.32. The van der Waals surface area contributed by atoms with Gasteiger partial charge >= 0.3 is 0 Å². The molecular formula is C11H18N2. The normalized spacial score (nSPS) is 10.8. The van der Waals surface area contributed by atoms with Gasteiger partial charge in [-0.25, -0.2) is 0 Å². The molecule has 1 heterocycles. The van der Waals surface area contributed by atoms with Crippen molar-refractivity contribution in [3.8, 4) is 0 Å². The van der Waals surface area contributed by atoms with E-state index in [0.717, 1.165) is 18.7 Å². The molecule has 0 unspecified atom stereocenters. The van der Waals surface area contributed by atoms with E-state index >= 15 is 0 Å². The lowest BCUT2D eigenvalue weighted by Crippen LogP contribution is -2.13. The number of hydrogen-bond acceptors (Lipinski definition) is 2. The Kier molecular flexibility index (Phi) is 3.90. The Labute approximate surface area is 80.6 Å². The van der Waals surface area contributed by atoms with E-state index in [0.29, 0.717) is 0 Å². The second-order valence-electron chi connectivity index (χ2n) is 3.68. The predicted molar refractivity (Wildman–Crippen MR) is 55.8 cm³/mol. The van der Waals surface area contributed by atoms with Crippen molar-refractivity contribution in [2.75, 3.05) is 20.6 Å². The van der Waals surface area contributed by atoms with Crippen LogP contribution in [0.2, 0.25) is 0 Å². The van der Waals surface area contributed by atoms with Gasteiger partial charge in [-0.1, -0.05) is 6.07 Å². The maximum Gasteiger partial charge on any atom is 0.0407 e. The largest absolute Gasteiger partial charge is 0.309 e. The molecule has 2 heteroatoms. The van der Waals surface area contributed by atoms with Crippen LogP contribution in [0.3, 0.4) is 0 Å². The van der Waals surface area contributed by atoms with E-state index in [1.165, 1.54) is 12.1 Å². The molecule has 0 aliphatic rings. The molecule has 0 amide bonds. The van der Waals surface area contributed by atoms with Crippen molar-refractivity contribution in [2.24, 2.45) is 0 Å². The first kappa shape index (κ1) is 10.2. The third-order valence-corrected chi connectivity index (χ3v) is 1.98. The Morgan fingerprint density at radius 2 is 2.08 bits per heavy atom. The average molecular weight is 178 g/mol. The van der Waals surface area contributed by atoms with Gasteiger partial charge in [-0.3, -0.25) is 4.98 Å². The van der Waals surface area contributed by atoms with Crippen LogP contribution in [0.4, 0.5) is 0 Å². The molecule has 0 aliphatic carbocycles. The molecule has 1 aromatic heterocycles. The van der Waals surface area contributed by atoms with Crippen molar-refractivity contribution >= 4 is 0 Å². The second kappa shape index (κ2) is 4.97. The van der Waals surface area contributed by atoms with Crippen LogP contribution in [0.1, 0.15) is 17.8 Å². The quantitative estimate of drug-likeness (QED) is 0.700. The standard InChI is InChI=1S/C11H18N2/c1-10-6-4-7-11(12-10)8-5-9-13(2)3/h4,6-7H,5,8-9H2,1-3H3. The summed E-state index contributed by atoms with van der Waals surface area (Å²) in [5, 5.41) is 0. The van der Waals surface area contributed by atoms with Crippen LogP contribution < -0.4 is 0 Å². The van der Waals surface area contributed by atoms with Crippen molar-refractivity contribution in [1.29, 1.82) is 0 Å². The lowest BCUT2D eigenvalue weighted by atomic mass is 10.2. The van der Waals surface area contributed by atoms with E-state index in [1.54, 1.807) is 0 Å². The van der Waals surface area contributed by atoms with Crippen molar-refractivity contribution < 1.29 is 0 Å². The van der Waals surface area contributed by atoms with Crippen LogP contribution in [0.25, 0.3) is 0 Å². The third kappa shape index (κ3) is 4.04. The summed E-state index contributed by atoms with van der Waals surface area (Å²) in [6.07, 6.45) is 2.27. The van der Waals surface area contributed by atoms with Crippen molar-refractivity contribution in [2.45, 2.75) is 19.8 Å². The minimum atomic E-state index is 1.08. The first-order valence-corrected chi connectivity index (χ1v) is 4.76. The highest BCUT2D eigenvalue weighted by Crippen LogP contribution is 2.01. The fourth-order valence-corrected chi connectivity index (χ4v) is 1.32. The molecule has 13 heavy (non-hydrogen) atoms. The van der Waals surface area contributed by atoms with E-state index in [9.17, 15) is 0 Å². The molecule has 0 saturated carbocycles. The Hall–Kier alpha value is -0.890. The fraction of sp³-hybridized carbons (Fsp3) is 0.545. The van der Waals surface area contributed by atoms with E-state index in [2.05, 4.69) is 36.1 Å². The molecular weight excluding hydrogens is 160 g/mol. The molecule has 0 N–H and O–H groups in total. The van der Waals surface area contributed by atoms with Crippen LogP contribution in [-0.4, -0.2) is 30.5 Å². The van der Waals surface area contributed by atoms with Gasteiger partial charge in [0.15, 0.2) is 0 Å². The van der Waals surface area contributed by atoms with Gasteiger partial charge in [0.2, 0.25) is 0 Å². The van der Waals surface area contributed by atoms with Crippen molar-refractivity contribution in [1.82, 2.24) is 9.88 Å². The van der Waals surface area contributed by atoms with Gasteiger partial charge in [0.1, 0.15) is 0 Å². The summed E-state index contributed by atoms with van der Waals surface area (Å²) in [5.74, 6) is 0. The smallest absolute Gasteiger partial charge is 0.0407 e. The highest BCUT2D eigenvalue weighted by molar-refractivity contribution is 5.09. The molecule has 1 rings (SSSR count). The minimum Gasteiger partial charge on any atom is -0.309 e. The van der Waals surface area contributed by atoms with E-state index in [1.807, 2.05) is 13.0 Å². The number of pyridine rings is 1. The maximum atomic E-state index is 4.45. The van der Waals surface area contributed by atoms with Gasteiger partial charge in [-0.15, -0.1) is 0 Å². The Bertz CT molecular complexity index is 256. The van der Waals surface area contributed by atoms with E-state index in [-0.39, 0.29) is 0 Å². The number of aryl methyl sites for hydroxylation is 2. The van der Waals surface area contributed by atoms with Crippen molar-refractivity contribution in [3.05, 3.63) is 29.6 Å². The van der Waals surface area contributed by atoms with Gasteiger partial charge in [0.05, 0.1) is 0 Å². The summed E-state index contributed by atoms with van der Waals surface area (Å²) in [5.41, 5.74) is 2.32. The minimum absolute atomic E-state index is 1.08. The zero-order valence-corrected chi connectivity index (χ0v) is 8.75. The average Bonchev–Trinajstić information content (AvgIpc) is 2.03. The SMILES string of the molecule is Cc1cccc(CCCN(C)C)n1. The highest BCUT2D eigenvalue weighted by Gasteiger charge is 1.95. The summed E-state index contributed by atoms with van der Waals surface area (Å²) in [6, 6.07) is 6.21. The van der Waals surface area contributed by atoms with Crippen LogP contribution in [0.5, 0.6) is 0 Å². The number of nitrogens with zero attached hydrogens (tertiary/aromatic N) is 2. The van der Waals surface area contributed by atoms with Gasteiger partial charge in [0, 0.05) is 11.4 Å². The van der Waals surface area contributed by atoms with Crippen LogP contribution in [0.15, 0.2) is 18.2 Å². The first-order valence-electron chi connectivity index (χ1n) is 4.76. The molecule has 0 fully saturated rings. The Balaban J connectivity index is 2.37. The van der Waals surface area contributed by atoms with Gasteiger partial charge in [-0.05, 0) is 52.5 Å². The van der Waals surface area contributed by atoms with Gasteiger partial charge in [-0.2, -0.15) is 0 Å². The van der Waals surface area contributed by atoms with Crippen LogP contribution >= 0.6 is 0 Å². The summed E-state index contributed by atoms with van der Waals surface area (Å²) >= 11 is 0. The molecule has 0 saturated heterocycles. The molecule has 2 nitrogen and oxygen atoms in total. The Morgan fingerprint density at radius 1 is 1.31 bits per heavy atom. The molecule has 0 atom stereocenters. The summed E-state index contributed by atoms with van der Waals surface area (Å²) in [6.45, 7) is 3.17. The topological polar surface area (TPSA) is 16.1 Å². The molecule has 0 aromatic carbocycles. The monoisotopic (exact) mass is 178 g/mol. The number of rotatable bonds is 4. The van der Waals surface area contributed by atoms with Crippen LogP contribution in [-0.2, 0) is 6.42 Å². The molecule has 0 spiro atoms. The zero-order chi connectivity index (χ0) is 9.68. The lowest BCUT2D eigenvalue weighted by Gasteiger charge is -2.08. The summed E-state index contributed by atoms with van der Waals surface area (Å²) < 4.78 is 0. The highest BCUT2D eigenvalue weighted by atomic mass is 15.0. The van der Waals surface area contributed by atoms with Crippen molar-refractivity contribution in [3.63, 3.8) is 0 Å². The molecule has 72 valence electrons. The van der Waals surface area contributed by atoms with E-state index in [4.69, 9.17) is 0 Å². The van der Waals surface area contributed by atoms with Gasteiger partial charge in [0.25, 0.3) is 0 Å². The predicted octanol–water partition coefficient (Wildman–Crippen LogP) is 1.88. The molecule has 0 aliphatic heterocycles. The number of aromatic nitrogens is 1. The summed E-state index contributed by atoms with van der Waals surface area (Å²) in [4.78, 5) is 6.66. The molecule has 0 bridgehead atoms. The van der Waals surface area contributed by atoms with Crippen LogP contribution in [0, 0.1) is 6.92 Å². The van der Waals surface area contributed by atoms with Gasteiger partial charge < -0.3 is 4.90 Å². The lowest BCUT2D eigenvalue weighted by molar-refractivity contribution is 0.399. The Morgan fingerprint density at radius 3 is 2.69 bits per heavy atom.